The van der Waals surface area contributed by atoms with Crippen molar-refractivity contribution in [3.63, 3.8) is 0 Å². The number of hydrogen-bond acceptors (Lipinski definition) is 2. The normalized spacial score (nSPS) is 21.8. The summed E-state index contributed by atoms with van der Waals surface area (Å²) in [6.07, 6.45) is 7.29. The highest BCUT2D eigenvalue weighted by molar-refractivity contribution is 5.76. The van der Waals surface area contributed by atoms with Crippen LogP contribution < -0.4 is 5.73 Å². The highest BCUT2D eigenvalue weighted by Crippen LogP contribution is 2.33. The van der Waals surface area contributed by atoms with Crippen LogP contribution in [-0.4, -0.2) is 30.4 Å². The molecule has 22 heavy (non-hydrogen) atoms. The molecule has 2 N–H and O–H groups in total. The average Bonchev–Trinajstić information content (AvgIpc) is 2.55. The third-order valence-electron chi connectivity index (χ3n) is 4.86. The molecule has 1 amide bonds. The number of hydrogen-bond donors (Lipinski definition) is 1. The average molecular weight is 302 g/mol. The van der Waals surface area contributed by atoms with Crippen molar-refractivity contribution >= 4 is 5.91 Å². The molecule has 1 saturated heterocycles. The summed E-state index contributed by atoms with van der Waals surface area (Å²) in [5, 5.41) is 0. The second-order valence-electron chi connectivity index (χ2n) is 6.80. The fourth-order valence-electron chi connectivity index (χ4n) is 3.46. The lowest BCUT2D eigenvalue weighted by molar-refractivity contribution is -0.133. The van der Waals surface area contributed by atoms with Crippen molar-refractivity contribution in [2.45, 2.75) is 57.3 Å². The second kappa shape index (κ2) is 8.33. The van der Waals surface area contributed by atoms with E-state index in [4.69, 9.17) is 5.73 Å². The summed E-state index contributed by atoms with van der Waals surface area (Å²) < 4.78 is 0. The molecule has 0 aliphatic carbocycles. The molecule has 1 aromatic rings. The van der Waals surface area contributed by atoms with Crippen molar-refractivity contribution in [1.29, 1.82) is 0 Å². The third-order valence-corrected chi connectivity index (χ3v) is 4.86. The zero-order valence-corrected chi connectivity index (χ0v) is 13.9. The second-order valence-corrected chi connectivity index (χ2v) is 6.80. The van der Waals surface area contributed by atoms with Crippen molar-refractivity contribution in [3.05, 3.63) is 35.9 Å². The van der Waals surface area contributed by atoms with E-state index in [0.29, 0.717) is 12.3 Å². The fraction of sp³-hybridized carbons (Fsp3) is 0.632. The molecule has 0 spiro atoms. The van der Waals surface area contributed by atoms with Gasteiger partial charge in [-0.05, 0) is 37.8 Å². The first-order valence-corrected chi connectivity index (χ1v) is 8.69. The fourth-order valence-corrected chi connectivity index (χ4v) is 3.46. The summed E-state index contributed by atoms with van der Waals surface area (Å²) >= 11 is 0. The quantitative estimate of drug-likeness (QED) is 0.784. The molecule has 0 bridgehead atoms. The van der Waals surface area contributed by atoms with Crippen LogP contribution in [0.15, 0.2) is 30.3 Å². The SMILES string of the molecule is CC1(c2ccccc2)CCCN(C(=O)CCCCCCN)C1. The number of nitrogens with zero attached hydrogens (tertiary/aromatic N) is 1. The van der Waals surface area contributed by atoms with Gasteiger partial charge in [-0.15, -0.1) is 0 Å². The van der Waals surface area contributed by atoms with Crippen molar-refractivity contribution in [3.8, 4) is 0 Å². The lowest BCUT2D eigenvalue weighted by Gasteiger charge is -2.41. The number of nitrogens with two attached hydrogens (primary N) is 1. The molecule has 1 aromatic carbocycles. The van der Waals surface area contributed by atoms with Gasteiger partial charge >= 0.3 is 0 Å². The van der Waals surface area contributed by atoms with Crippen molar-refractivity contribution in [2.24, 2.45) is 5.73 Å². The van der Waals surface area contributed by atoms with Crippen LogP contribution in [-0.2, 0) is 10.2 Å². The lowest BCUT2D eigenvalue weighted by Crippen LogP contribution is -2.47. The summed E-state index contributed by atoms with van der Waals surface area (Å²) in [4.78, 5) is 14.5. The minimum atomic E-state index is 0.106. The molecule has 1 fully saturated rings. The lowest BCUT2D eigenvalue weighted by atomic mass is 9.76. The number of rotatable bonds is 7. The maximum absolute atomic E-state index is 12.5. The van der Waals surface area contributed by atoms with Gasteiger partial charge in [0.25, 0.3) is 0 Å². The summed E-state index contributed by atoms with van der Waals surface area (Å²) in [7, 11) is 0. The van der Waals surface area contributed by atoms with E-state index in [0.717, 1.165) is 58.2 Å². The summed E-state index contributed by atoms with van der Waals surface area (Å²) in [6, 6.07) is 10.6. The van der Waals surface area contributed by atoms with Gasteiger partial charge in [-0.2, -0.15) is 0 Å². The number of amides is 1. The molecule has 3 heteroatoms. The predicted molar refractivity (Wildman–Crippen MR) is 91.7 cm³/mol. The first-order valence-electron chi connectivity index (χ1n) is 8.69. The van der Waals surface area contributed by atoms with Gasteiger partial charge in [0.2, 0.25) is 5.91 Å². The summed E-state index contributed by atoms with van der Waals surface area (Å²) in [5.41, 5.74) is 6.96. The van der Waals surface area contributed by atoms with Crippen molar-refractivity contribution in [1.82, 2.24) is 4.90 Å². The highest BCUT2D eigenvalue weighted by atomic mass is 16.2. The Labute approximate surface area is 134 Å². The van der Waals surface area contributed by atoms with Gasteiger partial charge < -0.3 is 10.6 Å². The van der Waals surface area contributed by atoms with Crippen LogP contribution in [0, 0.1) is 0 Å². The zero-order valence-electron chi connectivity index (χ0n) is 13.9. The molecule has 0 aromatic heterocycles. The number of carbonyl (C=O) groups excluding carboxylic acids is 1. The van der Waals surface area contributed by atoms with Crippen LogP contribution in [0.25, 0.3) is 0 Å². The Balaban J connectivity index is 1.86. The summed E-state index contributed by atoms with van der Waals surface area (Å²) in [5.74, 6) is 0.328. The molecule has 2 rings (SSSR count). The molecule has 122 valence electrons. The smallest absolute Gasteiger partial charge is 0.222 e. The van der Waals surface area contributed by atoms with E-state index in [9.17, 15) is 4.79 Å². The Bertz CT molecular complexity index is 460. The van der Waals surface area contributed by atoms with E-state index >= 15 is 0 Å². The van der Waals surface area contributed by atoms with Crippen LogP contribution in [0.2, 0.25) is 0 Å². The van der Waals surface area contributed by atoms with Gasteiger partial charge in [0.05, 0.1) is 0 Å². The Morgan fingerprint density at radius 2 is 1.91 bits per heavy atom. The zero-order chi connectivity index (χ0) is 15.8. The van der Waals surface area contributed by atoms with Gasteiger partial charge in [0, 0.05) is 24.9 Å². The van der Waals surface area contributed by atoms with Gasteiger partial charge in [0.1, 0.15) is 0 Å². The first kappa shape index (κ1) is 17.0. The number of carbonyl (C=O) groups is 1. The Kier molecular flexibility index (Phi) is 6.44. The Morgan fingerprint density at radius 3 is 2.64 bits per heavy atom. The predicted octanol–water partition coefficient (Wildman–Crippen LogP) is 3.48. The van der Waals surface area contributed by atoms with E-state index in [2.05, 4.69) is 42.2 Å². The minimum absolute atomic E-state index is 0.106. The molecule has 1 aliphatic heterocycles. The third kappa shape index (κ3) is 4.57. The van der Waals surface area contributed by atoms with Gasteiger partial charge in [-0.25, -0.2) is 0 Å². The monoisotopic (exact) mass is 302 g/mol. The maximum atomic E-state index is 12.5. The van der Waals surface area contributed by atoms with Gasteiger partial charge in [-0.3, -0.25) is 4.79 Å². The molecule has 1 heterocycles. The molecule has 3 nitrogen and oxygen atoms in total. The van der Waals surface area contributed by atoms with Gasteiger partial charge in [-0.1, -0.05) is 50.1 Å². The van der Waals surface area contributed by atoms with E-state index in [1.54, 1.807) is 0 Å². The number of likely N-dealkylation sites (tertiary alicyclic amines) is 1. The maximum Gasteiger partial charge on any atom is 0.222 e. The largest absolute Gasteiger partial charge is 0.342 e. The number of unbranched alkanes of at least 4 members (excludes halogenated alkanes) is 3. The summed E-state index contributed by atoms with van der Waals surface area (Å²) in [6.45, 7) is 4.83. The molecular formula is C19H30N2O. The Morgan fingerprint density at radius 1 is 1.18 bits per heavy atom. The van der Waals surface area contributed by atoms with E-state index in [1.165, 1.54) is 5.56 Å². The molecule has 1 atom stereocenters. The van der Waals surface area contributed by atoms with E-state index < -0.39 is 0 Å². The van der Waals surface area contributed by atoms with Crippen molar-refractivity contribution in [2.75, 3.05) is 19.6 Å². The topological polar surface area (TPSA) is 46.3 Å². The van der Waals surface area contributed by atoms with Crippen LogP contribution in [0.1, 0.15) is 57.4 Å². The van der Waals surface area contributed by atoms with Crippen LogP contribution in [0.4, 0.5) is 0 Å². The van der Waals surface area contributed by atoms with E-state index in [-0.39, 0.29) is 5.41 Å². The van der Waals surface area contributed by atoms with Crippen LogP contribution in [0.5, 0.6) is 0 Å². The first-order chi connectivity index (χ1) is 10.7. The van der Waals surface area contributed by atoms with E-state index in [1.807, 2.05) is 0 Å². The molecular weight excluding hydrogens is 272 g/mol. The standard InChI is InChI=1S/C19H30N2O/c1-19(17-10-5-4-6-11-17)13-9-15-21(16-19)18(22)12-7-2-3-8-14-20/h4-6,10-11H,2-3,7-9,12-16,20H2,1H3. The number of piperidine rings is 1. The van der Waals surface area contributed by atoms with Crippen molar-refractivity contribution < 1.29 is 4.79 Å². The highest BCUT2D eigenvalue weighted by Gasteiger charge is 2.34. The molecule has 1 aliphatic rings. The van der Waals surface area contributed by atoms with Crippen LogP contribution in [0.3, 0.4) is 0 Å². The minimum Gasteiger partial charge on any atom is -0.342 e. The van der Waals surface area contributed by atoms with Crippen LogP contribution >= 0.6 is 0 Å². The Hall–Kier alpha value is -1.35. The molecule has 1 unspecified atom stereocenters. The number of benzene rings is 1. The molecule has 0 radical (unpaired) electrons. The van der Waals surface area contributed by atoms with Gasteiger partial charge in [0.15, 0.2) is 0 Å². The molecule has 0 saturated carbocycles.